The molecule has 0 bridgehead atoms. The number of amides is 3. The Morgan fingerprint density at radius 2 is 1.74 bits per heavy atom. The lowest BCUT2D eigenvalue weighted by atomic mass is 10.1. The van der Waals surface area contributed by atoms with Gasteiger partial charge >= 0.3 is 6.03 Å². The lowest BCUT2D eigenvalue weighted by molar-refractivity contribution is -0.127. The van der Waals surface area contributed by atoms with Crippen molar-refractivity contribution in [3.63, 3.8) is 0 Å². The summed E-state index contributed by atoms with van der Waals surface area (Å²) < 4.78 is 6.69. The van der Waals surface area contributed by atoms with Crippen LogP contribution >= 0.6 is 15.9 Å². The first-order chi connectivity index (χ1) is 11.1. The minimum absolute atomic E-state index is 0.433. The van der Waals surface area contributed by atoms with Crippen molar-refractivity contribution in [3.05, 3.63) is 64.6 Å². The molecular weight excluding hydrogens is 360 g/mol. The monoisotopic (exact) mass is 376 g/mol. The molecule has 2 N–H and O–H groups in total. The number of carbonyl (C=O) groups is 2. The number of hydrogen-bond donors (Lipinski definition) is 2. The van der Waals surface area contributed by atoms with Gasteiger partial charge in [0.15, 0.2) is 0 Å². The van der Waals surface area contributed by atoms with Crippen LogP contribution in [0.4, 0.5) is 4.79 Å². The smallest absolute Gasteiger partial charge is 0.321 e. The number of benzene rings is 2. The summed E-state index contributed by atoms with van der Waals surface area (Å²) in [5, 5.41) is 4.81. The Bertz CT molecular complexity index is 659. The first-order valence-corrected chi connectivity index (χ1v) is 7.95. The minimum Gasteiger partial charge on any atom is -0.476 e. The van der Waals surface area contributed by atoms with Crippen LogP contribution in [0.1, 0.15) is 18.6 Å². The molecule has 0 unspecified atom stereocenters. The van der Waals surface area contributed by atoms with E-state index in [-0.39, 0.29) is 0 Å². The molecule has 0 saturated carbocycles. The fourth-order valence-corrected chi connectivity index (χ4v) is 2.20. The lowest BCUT2D eigenvalue weighted by Crippen LogP contribution is -2.42. The van der Waals surface area contributed by atoms with Crippen molar-refractivity contribution in [2.45, 2.75) is 13.0 Å². The standard InChI is InChI=1S/C17H17BrN2O3/c1-2-19-17(22)20-16(21)15(12-6-4-3-5-7-12)23-14-10-8-13(18)9-11-14/h3-11,15H,2H2,1H3,(H2,19,20,21,22)/t15-/m1/s1. The average Bonchev–Trinajstić information content (AvgIpc) is 2.55. The van der Waals surface area contributed by atoms with Gasteiger partial charge in [-0.15, -0.1) is 0 Å². The van der Waals surface area contributed by atoms with Crippen molar-refractivity contribution in [2.24, 2.45) is 0 Å². The van der Waals surface area contributed by atoms with E-state index in [1.165, 1.54) is 0 Å². The van der Waals surface area contributed by atoms with E-state index >= 15 is 0 Å². The molecule has 5 nitrogen and oxygen atoms in total. The van der Waals surface area contributed by atoms with E-state index in [9.17, 15) is 9.59 Å². The summed E-state index contributed by atoms with van der Waals surface area (Å²) in [4.78, 5) is 24.0. The number of nitrogens with one attached hydrogen (secondary N) is 2. The number of urea groups is 1. The summed E-state index contributed by atoms with van der Waals surface area (Å²) in [5.74, 6) is 0.0122. The fourth-order valence-electron chi connectivity index (χ4n) is 1.93. The van der Waals surface area contributed by atoms with Crippen LogP contribution < -0.4 is 15.4 Å². The van der Waals surface area contributed by atoms with Gasteiger partial charge in [-0.05, 0) is 31.2 Å². The van der Waals surface area contributed by atoms with Crippen LogP contribution in [0.3, 0.4) is 0 Å². The van der Waals surface area contributed by atoms with Crippen molar-refractivity contribution in [1.29, 1.82) is 0 Å². The second-order valence-electron chi connectivity index (χ2n) is 4.71. The maximum Gasteiger partial charge on any atom is 0.321 e. The van der Waals surface area contributed by atoms with Gasteiger partial charge in [-0.3, -0.25) is 10.1 Å². The largest absolute Gasteiger partial charge is 0.476 e. The summed E-state index contributed by atoms with van der Waals surface area (Å²) in [6.07, 6.45) is -0.917. The topological polar surface area (TPSA) is 67.4 Å². The van der Waals surface area contributed by atoms with Crippen LogP contribution in [0.25, 0.3) is 0 Å². The molecule has 23 heavy (non-hydrogen) atoms. The number of halogens is 1. The third-order valence-corrected chi connectivity index (χ3v) is 3.51. The highest BCUT2D eigenvalue weighted by Crippen LogP contribution is 2.24. The van der Waals surface area contributed by atoms with Crippen molar-refractivity contribution in [3.8, 4) is 5.75 Å². The molecule has 0 radical (unpaired) electrons. The second kappa shape index (κ2) is 8.33. The molecule has 1 atom stereocenters. The van der Waals surface area contributed by atoms with Crippen molar-refractivity contribution in [2.75, 3.05) is 6.54 Å². The Morgan fingerprint density at radius 3 is 2.35 bits per heavy atom. The second-order valence-corrected chi connectivity index (χ2v) is 5.63. The number of ether oxygens (including phenoxy) is 1. The number of carbonyl (C=O) groups excluding carboxylic acids is 2. The van der Waals surface area contributed by atoms with E-state index < -0.39 is 18.0 Å². The maximum absolute atomic E-state index is 12.4. The van der Waals surface area contributed by atoms with Gasteiger partial charge in [0.1, 0.15) is 5.75 Å². The van der Waals surface area contributed by atoms with Crippen LogP contribution in [0.2, 0.25) is 0 Å². The van der Waals surface area contributed by atoms with Crippen LogP contribution in [0.15, 0.2) is 59.1 Å². The summed E-state index contributed by atoms with van der Waals surface area (Å²) in [7, 11) is 0. The zero-order valence-electron chi connectivity index (χ0n) is 12.6. The molecule has 3 amide bonds. The molecule has 2 rings (SSSR count). The fraction of sp³-hybridized carbons (Fsp3) is 0.176. The molecule has 2 aromatic rings. The van der Waals surface area contributed by atoms with Gasteiger partial charge in [0.25, 0.3) is 5.91 Å². The Balaban J connectivity index is 2.20. The molecule has 0 heterocycles. The maximum atomic E-state index is 12.4. The van der Waals surface area contributed by atoms with E-state index in [4.69, 9.17) is 4.74 Å². The molecular formula is C17H17BrN2O3. The Labute approximate surface area is 143 Å². The number of hydrogen-bond acceptors (Lipinski definition) is 3. The van der Waals surface area contributed by atoms with E-state index in [0.717, 1.165) is 4.47 Å². The highest BCUT2D eigenvalue weighted by atomic mass is 79.9. The van der Waals surface area contributed by atoms with Gasteiger partial charge in [-0.2, -0.15) is 0 Å². The third-order valence-electron chi connectivity index (χ3n) is 2.98. The molecule has 120 valence electrons. The van der Waals surface area contributed by atoms with Crippen LogP contribution in [0, 0.1) is 0 Å². The molecule has 0 spiro atoms. The molecule has 0 aliphatic rings. The van der Waals surface area contributed by atoms with Gasteiger partial charge in [0.05, 0.1) is 0 Å². The van der Waals surface area contributed by atoms with E-state index in [0.29, 0.717) is 17.9 Å². The summed E-state index contributed by atoms with van der Waals surface area (Å²) >= 11 is 3.35. The highest BCUT2D eigenvalue weighted by molar-refractivity contribution is 9.10. The Morgan fingerprint density at radius 1 is 1.09 bits per heavy atom. The van der Waals surface area contributed by atoms with Crippen LogP contribution in [-0.4, -0.2) is 18.5 Å². The SMILES string of the molecule is CCNC(=O)NC(=O)[C@H](Oc1ccc(Br)cc1)c1ccccc1. The van der Waals surface area contributed by atoms with Gasteiger partial charge in [-0.25, -0.2) is 4.79 Å². The molecule has 0 aliphatic carbocycles. The molecule has 2 aromatic carbocycles. The number of imide groups is 1. The number of rotatable bonds is 5. The molecule has 6 heteroatoms. The predicted molar refractivity (Wildman–Crippen MR) is 91.2 cm³/mol. The normalized spacial score (nSPS) is 11.4. The molecule has 0 fully saturated rings. The van der Waals surface area contributed by atoms with Crippen molar-refractivity contribution >= 4 is 27.9 Å². The van der Waals surface area contributed by atoms with Crippen LogP contribution in [0.5, 0.6) is 5.75 Å². The first kappa shape index (κ1) is 17.0. The third kappa shape index (κ3) is 5.10. The molecule has 0 saturated heterocycles. The summed E-state index contributed by atoms with van der Waals surface area (Å²) in [5.41, 5.74) is 0.664. The predicted octanol–water partition coefficient (Wildman–Crippen LogP) is 3.41. The Hall–Kier alpha value is -2.34. The average molecular weight is 377 g/mol. The quantitative estimate of drug-likeness (QED) is 0.839. The zero-order valence-corrected chi connectivity index (χ0v) is 14.2. The van der Waals surface area contributed by atoms with E-state index in [1.807, 2.05) is 30.3 Å². The van der Waals surface area contributed by atoms with E-state index in [2.05, 4.69) is 26.6 Å². The van der Waals surface area contributed by atoms with Crippen LogP contribution in [-0.2, 0) is 4.79 Å². The summed E-state index contributed by atoms with van der Waals surface area (Å²) in [6.45, 7) is 2.21. The van der Waals surface area contributed by atoms with E-state index in [1.54, 1.807) is 31.2 Å². The lowest BCUT2D eigenvalue weighted by Gasteiger charge is -2.19. The van der Waals surface area contributed by atoms with Gasteiger partial charge in [-0.1, -0.05) is 46.3 Å². The Kier molecular flexibility index (Phi) is 6.17. The summed E-state index contributed by atoms with van der Waals surface area (Å²) in [6, 6.07) is 15.6. The first-order valence-electron chi connectivity index (χ1n) is 7.16. The van der Waals surface area contributed by atoms with Gasteiger partial charge in [0, 0.05) is 16.6 Å². The van der Waals surface area contributed by atoms with Crippen molar-refractivity contribution in [1.82, 2.24) is 10.6 Å². The minimum atomic E-state index is -0.917. The molecule has 0 aromatic heterocycles. The van der Waals surface area contributed by atoms with Gasteiger partial charge < -0.3 is 10.1 Å². The molecule has 0 aliphatic heterocycles. The van der Waals surface area contributed by atoms with Crippen molar-refractivity contribution < 1.29 is 14.3 Å². The highest BCUT2D eigenvalue weighted by Gasteiger charge is 2.24. The van der Waals surface area contributed by atoms with Gasteiger partial charge in [0.2, 0.25) is 6.10 Å². The zero-order chi connectivity index (χ0) is 16.7.